The summed E-state index contributed by atoms with van der Waals surface area (Å²) < 4.78 is 80.6. The van der Waals surface area contributed by atoms with Gasteiger partial charge in [-0.25, -0.2) is 0 Å². The van der Waals surface area contributed by atoms with E-state index in [1.807, 2.05) is 12.1 Å². The zero-order chi connectivity index (χ0) is 29.3. The van der Waals surface area contributed by atoms with E-state index >= 15 is 0 Å². The summed E-state index contributed by atoms with van der Waals surface area (Å²) in [6.07, 6.45) is -0.368. The van der Waals surface area contributed by atoms with E-state index in [-0.39, 0.29) is 29.3 Å². The second kappa shape index (κ2) is 14.4. The molecular weight excluding hydrogens is 551 g/mol. The maximum atomic E-state index is 12.9. The van der Waals surface area contributed by atoms with Gasteiger partial charge in [0.1, 0.15) is 34.9 Å². The van der Waals surface area contributed by atoms with E-state index in [9.17, 15) is 36.7 Å². The van der Waals surface area contributed by atoms with Gasteiger partial charge in [0, 0.05) is 24.0 Å². The number of unbranched alkanes of at least 4 members (excludes halogenated alkanes) is 6. The number of ether oxygens (including phenoxy) is 1. The van der Waals surface area contributed by atoms with Crippen molar-refractivity contribution in [2.45, 2.75) is 88.3 Å². The number of rotatable bonds is 15. The Morgan fingerprint density at radius 1 is 0.800 bits per heavy atom. The minimum Gasteiger partial charge on any atom is -0.616 e. The molecular formula is C30H37F5O4S. The summed E-state index contributed by atoms with van der Waals surface area (Å²) in [6.45, 7) is 4.33. The van der Waals surface area contributed by atoms with Gasteiger partial charge >= 0.3 is 12.1 Å². The Kier molecular flexibility index (Phi) is 11.6. The SMILES string of the molecule is C=C1c2ccc(O)cc2OC(CCCCCCCCC[S+]([O-])CCCC(F)(F)C(F)(F)F)C1c1ccc(O)cc1. The van der Waals surface area contributed by atoms with Crippen LogP contribution in [0.3, 0.4) is 0 Å². The van der Waals surface area contributed by atoms with Crippen molar-refractivity contribution in [1.82, 2.24) is 0 Å². The molecule has 0 radical (unpaired) electrons. The summed E-state index contributed by atoms with van der Waals surface area (Å²) >= 11 is -1.39. The van der Waals surface area contributed by atoms with Crippen LogP contribution < -0.4 is 4.74 Å². The van der Waals surface area contributed by atoms with Crippen LogP contribution in [-0.2, 0) is 11.2 Å². The number of phenols is 2. The molecule has 40 heavy (non-hydrogen) atoms. The number of hydrogen-bond donors (Lipinski definition) is 2. The summed E-state index contributed by atoms with van der Waals surface area (Å²) in [6, 6.07) is 12.1. The molecule has 10 heteroatoms. The molecule has 0 amide bonds. The van der Waals surface area contributed by atoms with E-state index in [0.29, 0.717) is 17.9 Å². The number of phenolic OH excluding ortho intramolecular Hbond substituents is 2. The first kappa shape index (κ1) is 32.1. The maximum Gasteiger partial charge on any atom is 0.453 e. The minimum absolute atomic E-state index is 0.0850. The van der Waals surface area contributed by atoms with Crippen LogP contribution in [0.1, 0.15) is 81.3 Å². The van der Waals surface area contributed by atoms with Crippen molar-refractivity contribution in [3.8, 4) is 17.2 Å². The predicted molar refractivity (Wildman–Crippen MR) is 147 cm³/mol. The number of halogens is 5. The lowest BCUT2D eigenvalue weighted by Gasteiger charge is -2.36. The molecule has 1 heterocycles. The molecule has 4 nitrogen and oxygen atoms in total. The van der Waals surface area contributed by atoms with Gasteiger partial charge in [0.2, 0.25) is 0 Å². The molecule has 3 rings (SSSR count). The first-order valence-electron chi connectivity index (χ1n) is 13.7. The third-order valence-electron chi connectivity index (χ3n) is 7.23. The summed E-state index contributed by atoms with van der Waals surface area (Å²) in [5, 5.41) is 19.6. The van der Waals surface area contributed by atoms with Crippen molar-refractivity contribution in [3.63, 3.8) is 0 Å². The minimum atomic E-state index is -5.56. The number of aromatic hydroxyl groups is 2. The zero-order valence-corrected chi connectivity index (χ0v) is 23.2. The van der Waals surface area contributed by atoms with Crippen LogP contribution in [-0.4, -0.2) is 44.5 Å². The van der Waals surface area contributed by atoms with Gasteiger partial charge in [-0.2, -0.15) is 22.0 Å². The first-order valence-corrected chi connectivity index (χ1v) is 15.1. The highest BCUT2D eigenvalue weighted by Gasteiger charge is 2.56. The molecule has 0 saturated heterocycles. The fraction of sp³-hybridized carbons (Fsp3) is 0.533. The van der Waals surface area contributed by atoms with Crippen molar-refractivity contribution < 1.29 is 41.5 Å². The average Bonchev–Trinajstić information content (AvgIpc) is 2.87. The fourth-order valence-corrected chi connectivity index (χ4v) is 6.21. The Balaban J connectivity index is 1.35. The Morgan fingerprint density at radius 2 is 1.38 bits per heavy atom. The molecule has 3 unspecified atom stereocenters. The summed E-state index contributed by atoms with van der Waals surface area (Å²) in [4.78, 5) is 0. The Labute approximate surface area is 235 Å². The maximum absolute atomic E-state index is 12.9. The van der Waals surface area contributed by atoms with Gasteiger partial charge < -0.3 is 19.5 Å². The van der Waals surface area contributed by atoms with Gasteiger partial charge in [-0.1, -0.05) is 55.6 Å². The lowest BCUT2D eigenvalue weighted by Crippen LogP contribution is -2.36. The topological polar surface area (TPSA) is 72.8 Å². The third kappa shape index (κ3) is 9.03. The third-order valence-corrected chi connectivity index (χ3v) is 8.72. The normalized spacial score (nSPS) is 18.3. The Hall–Kier alpha value is -2.46. The number of alkyl halides is 5. The molecule has 0 saturated carbocycles. The molecule has 0 spiro atoms. The van der Waals surface area contributed by atoms with Gasteiger partial charge in [0.25, 0.3) is 0 Å². The largest absolute Gasteiger partial charge is 0.616 e. The van der Waals surface area contributed by atoms with Crippen molar-refractivity contribution in [1.29, 1.82) is 0 Å². The van der Waals surface area contributed by atoms with Gasteiger partial charge in [-0.15, -0.1) is 0 Å². The van der Waals surface area contributed by atoms with Crippen LogP contribution in [0.4, 0.5) is 22.0 Å². The van der Waals surface area contributed by atoms with Crippen LogP contribution in [0.25, 0.3) is 5.57 Å². The summed E-state index contributed by atoms with van der Waals surface area (Å²) in [5.74, 6) is -3.72. The Morgan fingerprint density at radius 3 is 2.02 bits per heavy atom. The molecule has 222 valence electrons. The van der Waals surface area contributed by atoms with E-state index < -0.39 is 36.1 Å². The molecule has 0 fully saturated rings. The molecule has 0 aromatic heterocycles. The standard InChI is InChI=1S/C30H37F5O4S/c1-21-25-16-15-24(37)20-27(25)39-26(28(21)22-11-13-23(36)14-12-22)10-7-5-3-2-4-6-8-18-40(38)19-9-17-29(31,32)30(33,34)35/h11-16,20,26,28,36-37H,1-10,17-19H2. The monoisotopic (exact) mass is 588 g/mol. The molecule has 3 atom stereocenters. The second-order valence-electron chi connectivity index (χ2n) is 10.3. The van der Waals surface area contributed by atoms with E-state index in [1.165, 1.54) is 0 Å². The van der Waals surface area contributed by atoms with Crippen LogP contribution >= 0.6 is 0 Å². The lowest BCUT2D eigenvalue weighted by atomic mass is 9.79. The van der Waals surface area contributed by atoms with Crippen LogP contribution in [0.2, 0.25) is 0 Å². The van der Waals surface area contributed by atoms with E-state index in [2.05, 4.69) is 6.58 Å². The molecule has 1 aliphatic heterocycles. The quantitative estimate of drug-likeness (QED) is 0.124. The number of fused-ring (bicyclic) bond motifs is 1. The van der Waals surface area contributed by atoms with Crippen LogP contribution in [0.5, 0.6) is 17.2 Å². The lowest BCUT2D eigenvalue weighted by molar-refractivity contribution is -0.284. The highest BCUT2D eigenvalue weighted by atomic mass is 32.2. The van der Waals surface area contributed by atoms with Gasteiger partial charge in [-0.3, -0.25) is 0 Å². The molecule has 2 aromatic rings. The summed E-state index contributed by atoms with van der Waals surface area (Å²) in [7, 11) is 0. The van der Waals surface area contributed by atoms with Crippen molar-refractivity contribution in [2.24, 2.45) is 0 Å². The highest BCUT2D eigenvalue weighted by Crippen LogP contribution is 2.46. The molecule has 1 aliphatic rings. The Bertz CT molecular complexity index is 1090. The second-order valence-corrected chi connectivity index (χ2v) is 12.0. The smallest absolute Gasteiger partial charge is 0.453 e. The van der Waals surface area contributed by atoms with E-state index in [1.54, 1.807) is 30.3 Å². The van der Waals surface area contributed by atoms with Crippen molar-refractivity contribution in [3.05, 3.63) is 60.2 Å². The van der Waals surface area contributed by atoms with Gasteiger partial charge in [-0.05, 0) is 67.5 Å². The van der Waals surface area contributed by atoms with E-state index in [0.717, 1.165) is 61.6 Å². The highest BCUT2D eigenvalue weighted by molar-refractivity contribution is 7.91. The van der Waals surface area contributed by atoms with Crippen LogP contribution in [0.15, 0.2) is 49.0 Å². The molecule has 0 bridgehead atoms. The molecule has 2 aromatic carbocycles. The molecule has 0 aliphatic carbocycles. The number of hydrogen-bond acceptors (Lipinski definition) is 4. The predicted octanol–water partition coefficient (Wildman–Crippen LogP) is 8.50. The van der Waals surface area contributed by atoms with E-state index in [4.69, 9.17) is 4.74 Å². The van der Waals surface area contributed by atoms with Gasteiger partial charge in [0.15, 0.2) is 0 Å². The first-order chi connectivity index (χ1) is 18.9. The van der Waals surface area contributed by atoms with Gasteiger partial charge in [0.05, 0.1) is 0 Å². The zero-order valence-electron chi connectivity index (χ0n) is 22.4. The average molecular weight is 589 g/mol. The molecule has 2 N–H and O–H groups in total. The fourth-order valence-electron chi connectivity index (χ4n) is 5.01. The number of benzene rings is 2. The summed E-state index contributed by atoms with van der Waals surface area (Å²) in [5.41, 5.74) is 2.76. The van der Waals surface area contributed by atoms with Crippen molar-refractivity contribution >= 4 is 16.7 Å². The van der Waals surface area contributed by atoms with Crippen molar-refractivity contribution in [2.75, 3.05) is 11.5 Å². The van der Waals surface area contributed by atoms with Crippen LogP contribution in [0, 0.1) is 0 Å².